The number of carbonyl (C=O) groups is 1. The van der Waals surface area contributed by atoms with Crippen molar-refractivity contribution in [2.24, 2.45) is 4.99 Å². The van der Waals surface area contributed by atoms with Crippen LogP contribution in [0, 0.1) is 0 Å². The highest BCUT2D eigenvalue weighted by atomic mass is 19.4. The molecule has 0 saturated heterocycles. The summed E-state index contributed by atoms with van der Waals surface area (Å²) in [7, 11) is 1.53. The molecule has 0 spiro atoms. The number of ether oxygens (including phenoxy) is 1. The molecule has 1 aromatic carbocycles. The molecule has 0 bridgehead atoms. The van der Waals surface area contributed by atoms with Crippen molar-refractivity contribution in [3.05, 3.63) is 29.8 Å². The Morgan fingerprint density at radius 2 is 1.88 bits per heavy atom. The van der Waals surface area contributed by atoms with Crippen LogP contribution in [0.2, 0.25) is 0 Å². The number of hydrogen-bond donors (Lipinski definition) is 3. The third-order valence-corrected chi connectivity index (χ3v) is 3.08. The van der Waals surface area contributed by atoms with Crippen LogP contribution in [0.25, 0.3) is 0 Å². The fourth-order valence-corrected chi connectivity index (χ4v) is 1.92. The normalized spacial score (nSPS) is 11.8. The molecule has 1 aromatic rings. The maximum absolute atomic E-state index is 12.4. The molecule has 0 radical (unpaired) electrons. The van der Waals surface area contributed by atoms with E-state index in [1.165, 1.54) is 25.2 Å². The van der Waals surface area contributed by atoms with E-state index in [0.29, 0.717) is 24.6 Å². The molecule has 0 aliphatic heterocycles. The minimum Gasteiger partial charge on any atom is -0.405 e. The van der Waals surface area contributed by atoms with Crippen molar-refractivity contribution in [2.75, 3.05) is 20.1 Å². The summed E-state index contributed by atoms with van der Waals surface area (Å²) in [6.45, 7) is 3.04. The van der Waals surface area contributed by atoms with Crippen molar-refractivity contribution in [1.82, 2.24) is 16.0 Å². The maximum Gasteiger partial charge on any atom is 0.573 e. The van der Waals surface area contributed by atoms with Crippen molar-refractivity contribution in [3.8, 4) is 5.75 Å². The van der Waals surface area contributed by atoms with Gasteiger partial charge in [0.1, 0.15) is 5.75 Å². The number of alkyl halides is 3. The summed E-state index contributed by atoms with van der Waals surface area (Å²) in [4.78, 5) is 15.5. The monoisotopic (exact) mass is 360 g/mol. The Morgan fingerprint density at radius 1 is 1.16 bits per heavy atom. The quantitative estimate of drug-likeness (QED) is 0.491. The van der Waals surface area contributed by atoms with E-state index in [0.717, 1.165) is 6.42 Å². The zero-order valence-electron chi connectivity index (χ0n) is 14.2. The van der Waals surface area contributed by atoms with Crippen molar-refractivity contribution < 1.29 is 22.7 Å². The molecule has 0 fully saturated rings. The number of rotatable bonds is 8. The third-order valence-electron chi connectivity index (χ3n) is 3.08. The highest BCUT2D eigenvalue weighted by Crippen LogP contribution is 2.25. The number of para-hydroxylation sites is 1. The first kappa shape index (κ1) is 20.6. The summed E-state index contributed by atoms with van der Waals surface area (Å²) >= 11 is 0. The predicted octanol–water partition coefficient (Wildman–Crippen LogP) is 2.17. The summed E-state index contributed by atoms with van der Waals surface area (Å²) < 4.78 is 41.2. The molecule has 0 heterocycles. The van der Waals surface area contributed by atoms with Crippen LogP contribution in [0.3, 0.4) is 0 Å². The molecule has 0 aliphatic carbocycles. The van der Waals surface area contributed by atoms with Crippen molar-refractivity contribution in [1.29, 1.82) is 0 Å². The molecule has 6 nitrogen and oxygen atoms in total. The summed E-state index contributed by atoms with van der Waals surface area (Å²) in [6, 6.07) is 5.86. The van der Waals surface area contributed by atoms with E-state index in [-0.39, 0.29) is 24.6 Å². The number of nitrogens with zero attached hydrogens (tertiary/aromatic N) is 1. The van der Waals surface area contributed by atoms with E-state index in [1.54, 1.807) is 6.07 Å². The van der Waals surface area contributed by atoms with Crippen LogP contribution >= 0.6 is 0 Å². The molecule has 0 aromatic heterocycles. The Morgan fingerprint density at radius 3 is 2.52 bits per heavy atom. The molecule has 9 heteroatoms. The standard InChI is InChI=1S/C16H23F3N4O2/c1-3-9-21-14(24)8-10-22-15(20-2)23-11-12-6-4-5-7-13(12)25-16(17,18)19/h4-7H,3,8-11H2,1-2H3,(H,21,24)(H2,20,22,23). The molecule has 1 amide bonds. The Kier molecular flexibility index (Phi) is 8.59. The van der Waals surface area contributed by atoms with Gasteiger partial charge in [-0.25, -0.2) is 0 Å². The van der Waals surface area contributed by atoms with E-state index in [9.17, 15) is 18.0 Å². The van der Waals surface area contributed by atoms with E-state index >= 15 is 0 Å². The summed E-state index contributed by atoms with van der Waals surface area (Å²) in [5.74, 6) is 0.0377. The topological polar surface area (TPSA) is 74.8 Å². The Balaban J connectivity index is 2.49. The van der Waals surface area contributed by atoms with Crippen LogP contribution in [-0.2, 0) is 11.3 Å². The van der Waals surface area contributed by atoms with Crippen molar-refractivity contribution >= 4 is 11.9 Å². The van der Waals surface area contributed by atoms with Gasteiger partial charge in [-0.05, 0) is 12.5 Å². The van der Waals surface area contributed by atoms with Crippen LogP contribution in [0.15, 0.2) is 29.3 Å². The van der Waals surface area contributed by atoms with Gasteiger partial charge in [0, 0.05) is 38.7 Å². The number of aliphatic imine (C=N–C) groups is 1. The fraction of sp³-hybridized carbons (Fsp3) is 0.500. The number of guanidine groups is 1. The van der Waals surface area contributed by atoms with Crippen molar-refractivity contribution in [3.63, 3.8) is 0 Å². The van der Waals surface area contributed by atoms with E-state index < -0.39 is 6.36 Å². The van der Waals surface area contributed by atoms with Crippen LogP contribution in [0.1, 0.15) is 25.3 Å². The van der Waals surface area contributed by atoms with Crippen LogP contribution < -0.4 is 20.7 Å². The first-order chi connectivity index (χ1) is 11.9. The largest absolute Gasteiger partial charge is 0.573 e. The first-order valence-corrected chi connectivity index (χ1v) is 7.90. The Bertz CT molecular complexity index is 577. The number of halogens is 3. The number of amides is 1. The molecule has 3 N–H and O–H groups in total. The lowest BCUT2D eigenvalue weighted by Gasteiger charge is -2.15. The second-order valence-corrected chi connectivity index (χ2v) is 5.11. The zero-order valence-corrected chi connectivity index (χ0v) is 14.2. The van der Waals surface area contributed by atoms with E-state index in [1.807, 2.05) is 6.92 Å². The predicted molar refractivity (Wildman–Crippen MR) is 89.2 cm³/mol. The molecule has 140 valence electrons. The lowest BCUT2D eigenvalue weighted by Crippen LogP contribution is -2.39. The second kappa shape index (κ2) is 10.4. The van der Waals surface area contributed by atoms with Crippen LogP contribution in [0.5, 0.6) is 5.75 Å². The van der Waals surface area contributed by atoms with E-state index in [2.05, 4.69) is 25.7 Å². The summed E-state index contributed by atoms with van der Waals surface area (Å²) in [5.41, 5.74) is 0.337. The van der Waals surface area contributed by atoms with Gasteiger partial charge in [0.05, 0.1) is 0 Å². The zero-order chi connectivity index (χ0) is 18.7. The van der Waals surface area contributed by atoms with Gasteiger partial charge in [-0.1, -0.05) is 25.1 Å². The number of carbonyl (C=O) groups excluding carboxylic acids is 1. The molecular formula is C16H23F3N4O2. The Labute approximate surface area is 144 Å². The van der Waals surface area contributed by atoms with Gasteiger partial charge in [-0.3, -0.25) is 9.79 Å². The Hall–Kier alpha value is -2.45. The molecular weight excluding hydrogens is 337 g/mol. The summed E-state index contributed by atoms with van der Waals surface area (Å²) in [6.07, 6.45) is -3.61. The molecule has 1 rings (SSSR count). The fourth-order valence-electron chi connectivity index (χ4n) is 1.92. The average Bonchev–Trinajstić information content (AvgIpc) is 2.55. The maximum atomic E-state index is 12.4. The second-order valence-electron chi connectivity index (χ2n) is 5.11. The number of benzene rings is 1. The first-order valence-electron chi connectivity index (χ1n) is 7.90. The van der Waals surface area contributed by atoms with Gasteiger partial charge >= 0.3 is 6.36 Å². The summed E-state index contributed by atoms with van der Waals surface area (Å²) in [5, 5.41) is 8.57. The minimum absolute atomic E-state index is 0.0753. The van der Waals surface area contributed by atoms with Gasteiger partial charge in [0.2, 0.25) is 5.91 Å². The lowest BCUT2D eigenvalue weighted by molar-refractivity contribution is -0.274. The van der Waals surface area contributed by atoms with Gasteiger partial charge in [-0.15, -0.1) is 13.2 Å². The SMILES string of the molecule is CCCNC(=O)CCNC(=NC)NCc1ccccc1OC(F)(F)F. The smallest absolute Gasteiger partial charge is 0.405 e. The lowest BCUT2D eigenvalue weighted by atomic mass is 10.2. The van der Waals surface area contributed by atoms with Gasteiger partial charge in [0.25, 0.3) is 0 Å². The van der Waals surface area contributed by atoms with Gasteiger partial charge in [-0.2, -0.15) is 0 Å². The third kappa shape index (κ3) is 8.83. The number of hydrogen-bond acceptors (Lipinski definition) is 3. The molecule has 0 atom stereocenters. The van der Waals surface area contributed by atoms with Gasteiger partial charge in [0.15, 0.2) is 5.96 Å². The number of nitrogens with one attached hydrogen (secondary N) is 3. The van der Waals surface area contributed by atoms with E-state index in [4.69, 9.17) is 0 Å². The highest BCUT2D eigenvalue weighted by Gasteiger charge is 2.31. The molecule has 0 aliphatic rings. The average molecular weight is 360 g/mol. The van der Waals surface area contributed by atoms with Crippen LogP contribution in [-0.4, -0.2) is 38.4 Å². The minimum atomic E-state index is -4.75. The molecule has 25 heavy (non-hydrogen) atoms. The highest BCUT2D eigenvalue weighted by molar-refractivity contribution is 5.81. The molecule has 0 unspecified atom stereocenters. The van der Waals surface area contributed by atoms with Crippen LogP contribution in [0.4, 0.5) is 13.2 Å². The van der Waals surface area contributed by atoms with Crippen molar-refractivity contribution in [2.45, 2.75) is 32.7 Å². The molecule has 0 saturated carbocycles. The van der Waals surface area contributed by atoms with Gasteiger partial charge < -0.3 is 20.7 Å².